The van der Waals surface area contributed by atoms with E-state index in [0.717, 1.165) is 12.0 Å². The van der Waals surface area contributed by atoms with Crippen molar-refractivity contribution in [3.63, 3.8) is 0 Å². The summed E-state index contributed by atoms with van der Waals surface area (Å²) in [6.07, 6.45) is 0.866. The first-order valence-corrected chi connectivity index (χ1v) is 5.12. The summed E-state index contributed by atoms with van der Waals surface area (Å²) in [5.74, 6) is 0.393. The van der Waals surface area contributed by atoms with Crippen LogP contribution in [0.3, 0.4) is 0 Å². The Labute approximate surface area is 86.0 Å². The molecule has 1 aromatic rings. The van der Waals surface area contributed by atoms with Gasteiger partial charge in [0.25, 0.3) is 0 Å². The summed E-state index contributed by atoms with van der Waals surface area (Å²) >= 11 is 0. The van der Waals surface area contributed by atoms with Crippen LogP contribution in [-0.2, 0) is 6.42 Å². The van der Waals surface area contributed by atoms with Gasteiger partial charge in [-0.15, -0.1) is 0 Å². The lowest BCUT2D eigenvalue weighted by molar-refractivity contribution is 0.449. The quantitative estimate of drug-likeness (QED) is 0.769. The molecule has 0 fully saturated rings. The molecule has 2 heteroatoms. The SMILES string of the molecule is CC(C)NC(C)Cc1ccccc1O. The highest BCUT2D eigenvalue weighted by Gasteiger charge is 2.07. The number of phenolic OH excluding ortho intramolecular Hbond substituents is 1. The van der Waals surface area contributed by atoms with E-state index in [1.165, 1.54) is 0 Å². The molecular formula is C12H19NO. The molecule has 0 aliphatic carbocycles. The van der Waals surface area contributed by atoms with Gasteiger partial charge in [-0.05, 0) is 25.0 Å². The van der Waals surface area contributed by atoms with Crippen LogP contribution in [0, 0.1) is 0 Å². The van der Waals surface area contributed by atoms with Gasteiger partial charge in [-0.25, -0.2) is 0 Å². The van der Waals surface area contributed by atoms with Crippen LogP contribution in [0.4, 0.5) is 0 Å². The molecule has 0 saturated heterocycles. The van der Waals surface area contributed by atoms with Crippen LogP contribution >= 0.6 is 0 Å². The fourth-order valence-corrected chi connectivity index (χ4v) is 1.64. The highest BCUT2D eigenvalue weighted by atomic mass is 16.3. The number of para-hydroxylation sites is 1. The summed E-state index contributed by atoms with van der Waals surface area (Å²) in [6, 6.07) is 8.38. The molecule has 2 nitrogen and oxygen atoms in total. The molecule has 0 aliphatic rings. The molecule has 0 saturated carbocycles. The van der Waals surface area contributed by atoms with Crippen LogP contribution in [0.5, 0.6) is 5.75 Å². The number of benzene rings is 1. The van der Waals surface area contributed by atoms with Gasteiger partial charge in [0.1, 0.15) is 5.75 Å². The van der Waals surface area contributed by atoms with Gasteiger partial charge in [0, 0.05) is 12.1 Å². The number of rotatable bonds is 4. The van der Waals surface area contributed by atoms with Crippen molar-refractivity contribution in [2.75, 3.05) is 0 Å². The normalized spacial score (nSPS) is 13.1. The van der Waals surface area contributed by atoms with E-state index in [-0.39, 0.29) is 0 Å². The van der Waals surface area contributed by atoms with Crippen LogP contribution < -0.4 is 5.32 Å². The van der Waals surface area contributed by atoms with Gasteiger partial charge in [-0.2, -0.15) is 0 Å². The second kappa shape index (κ2) is 5.01. The molecular weight excluding hydrogens is 174 g/mol. The van der Waals surface area contributed by atoms with Crippen molar-refractivity contribution in [3.8, 4) is 5.75 Å². The maximum atomic E-state index is 9.57. The number of phenols is 1. The predicted octanol–water partition coefficient (Wildman–Crippen LogP) is 2.32. The molecule has 0 spiro atoms. The Kier molecular flexibility index (Phi) is 3.96. The third kappa shape index (κ3) is 3.38. The zero-order chi connectivity index (χ0) is 10.6. The molecule has 0 bridgehead atoms. The van der Waals surface area contributed by atoms with Crippen LogP contribution in [0.2, 0.25) is 0 Å². The van der Waals surface area contributed by atoms with Crippen molar-refractivity contribution in [1.29, 1.82) is 0 Å². The first-order valence-electron chi connectivity index (χ1n) is 5.12. The van der Waals surface area contributed by atoms with Gasteiger partial charge in [-0.3, -0.25) is 0 Å². The lowest BCUT2D eigenvalue weighted by Crippen LogP contribution is -2.33. The molecule has 0 aromatic heterocycles. The summed E-state index contributed by atoms with van der Waals surface area (Å²) in [6.45, 7) is 6.38. The van der Waals surface area contributed by atoms with Crippen molar-refractivity contribution in [3.05, 3.63) is 29.8 Å². The molecule has 78 valence electrons. The molecule has 1 unspecified atom stereocenters. The minimum atomic E-state index is 0.392. The maximum Gasteiger partial charge on any atom is 0.118 e. The smallest absolute Gasteiger partial charge is 0.118 e. The summed E-state index contributed by atoms with van der Waals surface area (Å²) in [4.78, 5) is 0. The van der Waals surface area contributed by atoms with Gasteiger partial charge < -0.3 is 10.4 Å². The zero-order valence-corrected chi connectivity index (χ0v) is 9.12. The Morgan fingerprint density at radius 3 is 2.43 bits per heavy atom. The standard InChI is InChI=1S/C12H19NO/c1-9(2)13-10(3)8-11-6-4-5-7-12(11)14/h4-7,9-10,13-14H,8H2,1-3H3. The van der Waals surface area contributed by atoms with Gasteiger partial charge >= 0.3 is 0 Å². The third-order valence-corrected chi connectivity index (χ3v) is 2.14. The van der Waals surface area contributed by atoms with E-state index >= 15 is 0 Å². The minimum Gasteiger partial charge on any atom is -0.508 e. The van der Waals surface area contributed by atoms with Gasteiger partial charge in [-0.1, -0.05) is 32.0 Å². The monoisotopic (exact) mass is 193 g/mol. The van der Waals surface area contributed by atoms with Gasteiger partial charge in [0.05, 0.1) is 0 Å². The van der Waals surface area contributed by atoms with E-state index in [1.807, 2.05) is 18.2 Å². The van der Waals surface area contributed by atoms with Crippen LogP contribution in [0.15, 0.2) is 24.3 Å². The summed E-state index contributed by atoms with van der Waals surface area (Å²) in [5.41, 5.74) is 1.01. The number of hydrogen-bond acceptors (Lipinski definition) is 2. The average molecular weight is 193 g/mol. The molecule has 0 aliphatic heterocycles. The fourth-order valence-electron chi connectivity index (χ4n) is 1.64. The number of hydrogen-bond donors (Lipinski definition) is 2. The predicted molar refractivity (Wildman–Crippen MR) is 59.5 cm³/mol. The van der Waals surface area contributed by atoms with Crippen LogP contribution in [0.25, 0.3) is 0 Å². The summed E-state index contributed by atoms with van der Waals surface area (Å²) in [7, 11) is 0. The molecule has 0 amide bonds. The summed E-state index contributed by atoms with van der Waals surface area (Å²) < 4.78 is 0. The molecule has 2 N–H and O–H groups in total. The first kappa shape index (κ1) is 11.1. The molecule has 0 radical (unpaired) electrons. The summed E-state index contributed by atoms with van der Waals surface area (Å²) in [5, 5.41) is 13.0. The Hall–Kier alpha value is -1.02. The van der Waals surface area contributed by atoms with Crippen molar-refractivity contribution in [2.24, 2.45) is 0 Å². The Morgan fingerprint density at radius 2 is 1.86 bits per heavy atom. The lowest BCUT2D eigenvalue weighted by Gasteiger charge is -2.17. The van der Waals surface area contributed by atoms with E-state index in [4.69, 9.17) is 0 Å². The van der Waals surface area contributed by atoms with E-state index in [1.54, 1.807) is 6.07 Å². The van der Waals surface area contributed by atoms with Crippen LogP contribution in [0.1, 0.15) is 26.3 Å². The Morgan fingerprint density at radius 1 is 1.21 bits per heavy atom. The largest absolute Gasteiger partial charge is 0.508 e. The third-order valence-electron chi connectivity index (χ3n) is 2.14. The first-order chi connectivity index (χ1) is 6.59. The van der Waals surface area contributed by atoms with E-state index < -0.39 is 0 Å². The van der Waals surface area contributed by atoms with E-state index in [0.29, 0.717) is 17.8 Å². The molecule has 1 aromatic carbocycles. The van der Waals surface area contributed by atoms with Crippen molar-refractivity contribution in [1.82, 2.24) is 5.32 Å². The van der Waals surface area contributed by atoms with Crippen molar-refractivity contribution < 1.29 is 5.11 Å². The average Bonchev–Trinajstić information content (AvgIpc) is 2.07. The lowest BCUT2D eigenvalue weighted by atomic mass is 10.1. The Bertz CT molecular complexity index is 283. The fraction of sp³-hybridized carbons (Fsp3) is 0.500. The van der Waals surface area contributed by atoms with E-state index in [9.17, 15) is 5.11 Å². The Balaban J connectivity index is 2.56. The highest BCUT2D eigenvalue weighted by molar-refractivity contribution is 5.32. The van der Waals surface area contributed by atoms with Gasteiger partial charge in [0.2, 0.25) is 0 Å². The van der Waals surface area contributed by atoms with Crippen molar-refractivity contribution in [2.45, 2.75) is 39.3 Å². The highest BCUT2D eigenvalue weighted by Crippen LogP contribution is 2.17. The minimum absolute atomic E-state index is 0.392. The van der Waals surface area contributed by atoms with E-state index in [2.05, 4.69) is 26.1 Å². The van der Waals surface area contributed by atoms with Gasteiger partial charge in [0.15, 0.2) is 0 Å². The topological polar surface area (TPSA) is 32.3 Å². The second-order valence-corrected chi connectivity index (χ2v) is 4.06. The molecule has 1 rings (SSSR count). The second-order valence-electron chi connectivity index (χ2n) is 4.06. The number of nitrogens with one attached hydrogen (secondary N) is 1. The zero-order valence-electron chi connectivity index (χ0n) is 9.12. The van der Waals surface area contributed by atoms with Crippen molar-refractivity contribution >= 4 is 0 Å². The number of aromatic hydroxyl groups is 1. The molecule has 14 heavy (non-hydrogen) atoms. The maximum absolute atomic E-state index is 9.57. The van der Waals surface area contributed by atoms with Crippen LogP contribution in [-0.4, -0.2) is 17.2 Å². The molecule has 0 heterocycles. The molecule has 1 atom stereocenters.